The van der Waals surface area contributed by atoms with Crippen molar-refractivity contribution in [3.63, 3.8) is 0 Å². The van der Waals surface area contributed by atoms with Crippen LogP contribution >= 0.6 is 0 Å². The van der Waals surface area contributed by atoms with Gasteiger partial charge in [0, 0.05) is 18.5 Å². The van der Waals surface area contributed by atoms with Crippen LogP contribution in [0.3, 0.4) is 0 Å². The molecule has 0 spiro atoms. The topological polar surface area (TPSA) is 50.8 Å². The van der Waals surface area contributed by atoms with E-state index in [0.29, 0.717) is 18.6 Å². The molecule has 5 nitrogen and oxygen atoms in total. The van der Waals surface area contributed by atoms with E-state index in [4.69, 9.17) is 9.47 Å². The average molecular weight is 256 g/mol. The number of hydrogen-bond donors (Lipinski definition) is 1. The number of ether oxygens (including phenoxy) is 2. The van der Waals surface area contributed by atoms with E-state index in [-0.39, 0.29) is 12.1 Å². The number of carbonyl (C=O) groups is 1. The molecule has 1 N–H and O–H groups in total. The van der Waals surface area contributed by atoms with Crippen molar-refractivity contribution in [3.05, 3.63) is 0 Å². The van der Waals surface area contributed by atoms with Crippen LogP contribution in [0.15, 0.2) is 0 Å². The Labute approximate surface area is 109 Å². The first-order valence-corrected chi connectivity index (χ1v) is 6.67. The largest absolute Gasteiger partial charge is 0.444 e. The Morgan fingerprint density at radius 2 is 2.11 bits per heavy atom. The second-order valence-corrected chi connectivity index (χ2v) is 6.13. The highest BCUT2D eigenvalue weighted by Gasteiger charge is 2.44. The molecule has 0 aromatic carbocycles. The van der Waals surface area contributed by atoms with E-state index in [1.807, 2.05) is 32.7 Å². The van der Waals surface area contributed by atoms with Crippen LogP contribution in [0.25, 0.3) is 0 Å². The molecular formula is C13H24N2O3. The molecule has 0 saturated carbocycles. The minimum Gasteiger partial charge on any atom is -0.444 e. The van der Waals surface area contributed by atoms with Crippen molar-refractivity contribution in [3.8, 4) is 0 Å². The molecule has 3 unspecified atom stereocenters. The van der Waals surface area contributed by atoms with Crippen LogP contribution in [0.4, 0.5) is 4.79 Å². The summed E-state index contributed by atoms with van der Waals surface area (Å²) in [5.41, 5.74) is -0.439. The van der Waals surface area contributed by atoms with E-state index >= 15 is 0 Å². The zero-order chi connectivity index (χ0) is 13.3. The van der Waals surface area contributed by atoms with Gasteiger partial charge in [-0.05, 0) is 34.2 Å². The summed E-state index contributed by atoms with van der Waals surface area (Å²) in [6.07, 6.45) is 0.748. The summed E-state index contributed by atoms with van der Waals surface area (Å²) >= 11 is 0. The van der Waals surface area contributed by atoms with Gasteiger partial charge in [-0.1, -0.05) is 0 Å². The summed E-state index contributed by atoms with van der Waals surface area (Å²) in [7, 11) is 1.98. The molecule has 0 aliphatic carbocycles. The minimum atomic E-state index is -0.439. The Morgan fingerprint density at radius 3 is 2.72 bits per heavy atom. The molecule has 104 valence electrons. The highest BCUT2D eigenvalue weighted by Crippen LogP contribution is 2.30. The van der Waals surface area contributed by atoms with Crippen LogP contribution < -0.4 is 5.32 Å². The number of fused-ring (bicyclic) bond motifs is 1. The van der Waals surface area contributed by atoms with Crippen LogP contribution in [0, 0.1) is 5.92 Å². The third-order valence-electron chi connectivity index (χ3n) is 3.69. The van der Waals surface area contributed by atoms with Gasteiger partial charge in [-0.2, -0.15) is 0 Å². The molecule has 2 rings (SSSR count). The Kier molecular flexibility index (Phi) is 3.82. The lowest BCUT2D eigenvalue weighted by Gasteiger charge is -2.41. The Hall–Kier alpha value is -0.810. The Morgan fingerprint density at radius 1 is 1.39 bits per heavy atom. The molecule has 1 amide bonds. The van der Waals surface area contributed by atoms with Crippen LogP contribution in [0.2, 0.25) is 0 Å². The second-order valence-electron chi connectivity index (χ2n) is 6.13. The zero-order valence-corrected chi connectivity index (χ0v) is 11.7. The maximum Gasteiger partial charge on any atom is 0.410 e. The van der Waals surface area contributed by atoms with E-state index in [2.05, 4.69) is 5.32 Å². The Balaban J connectivity index is 2.04. The predicted molar refractivity (Wildman–Crippen MR) is 68.5 cm³/mol. The first-order valence-electron chi connectivity index (χ1n) is 6.67. The van der Waals surface area contributed by atoms with Crippen LogP contribution in [0.5, 0.6) is 0 Å². The SMILES string of the molecule is CNC1CCN(C(=O)OC(C)(C)C)C2COCC12. The molecule has 0 aromatic rings. The molecule has 3 atom stereocenters. The molecule has 2 saturated heterocycles. The first-order chi connectivity index (χ1) is 8.42. The number of nitrogens with zero attached hydrogens (tertiary/aromatic N) is 1. The van der Waals surface area contributed by atoms with Gasteiger partial charge in [0.1, 0.15) is 5.60 Å². The number of piperidine rings is 1. The third-order valence-corrected chi connectivity index (χ3v) is 3.69. The summed E-state index contributed by atoms with van der Waals surface area (Å²) in [4.78, 5) is 14.0. The van der Waals surface area contributed by atoms with Gasteiger partial charge < -0.3 is 19.7 Å². The maximum absolute atomic E-state index is 12.2. The van der Waals surface area contributed by atoms with Crippen LogP contribution in [-0.2, 0) is 9.47 Å². The lowest BCUT2D eigenvalue weighted by molar-refractivity contribution is 0.00174. The smallest absolute Gasteiger partial charge is 0.410 e. The molecule has 0 bridgehead atoms. The Bertz CT molecular complexity index is 314. The molecule has 2 fully saturated rings. The van der Waals surface area contributed by atoms with Crippen LogP contribution in [-0.4, -0.2) is 55.5 Å². The third kappa shape index (κ3) is 2.78. The van der Waals surface area contributed by atoms with Crippen molar-refractivity contribution in [2.75, 3.05) is 26.8 Å². The van der Waals surface area contributed by atoms with Gasteiger partial charge in [-0.25, -0.2) is 4.79 Å². The fourth-order valence-electron chi connectivity index (χ4n) is 2.83. The molecule has 5 heteroatoms. The minimum absolute atomic E-state index is 0.158. The number of amides is 1. The molecule has 18 heavy (non-hydrogen) atoms. The van der Waals surface area contributed by atoms with E-state index in [1.165, 1.54) is 0 Å². The summed E-state index contributed by atoms with van der Waals surface area (Å²) in [6, 6.07) is 0.599. The number of nitrogens with one attached hydrogen (secondary N) is 1. The predicted octanol–water partition coefficient (Wildman–Crippen LogP) is 1.23. The molecule has 0 aromatic heterocycles. The van der Waals surface area contributed by atoms with E-state index in [1.54, 1.807) is 0 Å². The second kappa shape index (κ2) is 5.05. The summed E-state index contributed by atoms with van der Waals surface area (Å²) < 4.78 is 11.0. The lowest BCUT2D eigenvalue weighted by Crippen LogP contribution is -2.56. The fourth-order valence-corrected chi connectivity index (χ4v) is 2.83. The number of rotatable bonds is 1. The van der Waals surface area contributed by atoms with E-state index < -0.39 is 5.60 Å². The van der Waals surface area contributed by atoms with Crippen molar-refractivity contribution in [2.45, 2.75) is 44.9 Å². The standard InChI is InChI=1S/C13H24N2O3/c1-13(2,3)18-12(16)15-6-5-10(14-4)9-7-17-8-11(9)15/h9-11,14H,5-8H2,1-4H3. The quantitative estimate of drug-likeness (QED) is 0.766. The van der Waals surface area contributed by atoms with Gasteiger partial charge in [0.25, 0.3) is 0 Å². The highest BCUT2D eigenvalue weighted by molar-refractivity contribution is 5.69. The lowest BCUT2D eigenvalue weighted by atomic mass is 9.87. The number of hydrogen-bond acceptors (Lipinski definition) is 4. The monoisotopic (exact) mass is 256 g/mol. The van der Waals surface area contributed by atoms with Crippen molar-refractivity contribution >= 4 is 6.09 Å². The maximum atomic E-state index is 12.2. The fraction of sp³-hybridized carbons (Fsp3) is 0.923. The van der Waals surface area contributed by atoms with E-state index in [9.17, 15) is 4.79 Å². The van der Waals surface area contributed by atoms with Gasteiger partial charge in [0.2, 0.25) is 0 Å². The van der Waals surface area contributed by atoms with Crippen molar-refractivity contribution < 1.29 is 14.3 Å². The van der Waals surface area contributed by atoms with Gasteiger partial charge in [-0.3, -0.25) is 0 Å². The van der Waals surface area contributed by atoms with Gasteiger partial charge in [-0.15, -0.1) is 0 Å². The summed E-state index contributed by atoms with van der Waals surface area (Å²) in [5, 5.41) is 3.32. The van der Waals surface area contributed by atoms with Crippen molar-refractivity contribution in [2.24, 2.45) is 5.92 Å². The van der Waals surface area contributed by atoms with Gasteiger partial charge in [0.05, 0.1) is 19.3 Å². The number of carbonyl (C=O) groups excluding carboxylic acids is 1. The molecule has 2 aliphatic heterocycles. The average Bonchev–Trinajstić information content (AvgIpc) is 2.73. The van der Waals surface area contributed by atoms with Crippen LogP contribution in [0.1, 0.15) is 27.2 Å². The summed E-state index contributed by atoms with van der Waals surface area (Å²) in [5.74, 6) is 0.385. The number of likely N-dealkylation sites (tertiary alicyclic amines) is 1. The van der Waals surface area contributed by atoms with E-state index in [0.717, 1.165) is 19.6 Å². The molecular weight excluding hydrogens is 232 g/mol. The normalized spacial score (nSPS) is 32.2. The molecule has 2 heterocycles. The first kappa shape index (κ1) is 13.6. The zero-order valence-electron chi connectivity index (χ0n) is 11.7. The molecule has 2 aliphatic rings. The van der Waals surface area contributed by atoms with Gasteiger partial charge in [0.15, 0.2) is 0 Å². The highest BCUT2D eigenvalue weighted by atomic mass is 16.6. The summed E-state index contributed by atoms with van der Waals surface area (Å²) in [6.45, 7) is 7.79. The van der Waals surface area contributed by atoms with Crippen molar-refractivity contribution in [1.29, 1.82) is 0 Å². The van der Waals surface area contributed by atoms with Gasteiger partial charge >= 0.3 is 6.09 Å². The molecule has 0 radical (unpaired) electrons. The van der Waals surface area contributed by atoms with Crippen molar-refractivity contribution in [1.82, 2.24) is 10.2 Å².